The lowest BCUT2D eigenvalue weighted by Crippen LogP contribution is -2.45. The van der Waals surface area contributed by atoms with Crippen molar-refractivity contribution in [1.29, 1.82) is 0 Å². The number of hydrogen-bond donors (Lipinski definition) is 0. The van der Waals surface area contributed by atoms with Gasteiger partial charge in [0.25, 0.3) is 0 Å². The van der Waals surface area contributed by atoms with Gasteiger partial charge in [0.1, 0.15) is 0 Å². The molecule has 0 spiro atoms. The number of piperidine rings is 1. The second kappa shape index (κ2) is 7.47. The van der Waals surface area contributed by atoms with Crippen molar-refractivity contribution < 1.29 is 4.79 Å². The molecule has 2 saturated heterocycles. The average molecular weight is 331 g/mol. The molecule has 0 N–H and O–H groups in total. The number of anilines is 1. The predicted molar refractivity (Wildman–Crippen MR) is 94.8 cm³/mol. The minimum absolute atomic E-state index is 0.0703. The third kappa shape index (κ3) is 3.53. The molecule has 3 heterocycles. The van der Waals surface area contributed by atoms with E-state index in [2.05, 4.69) is 45.7 Å². The van der Waals surface area contributed by atoms with Gasteiger partial charge in [-0.05, 0) is 38.9 Å². The zero-order valence-electron chi connectivity index (χ0n) is 15.1. The molecule has 0 aromatic carbocycles. The Bertz CT molecular complexity index is 550. The fraction of sp³-hybridized carbons (Fsp3) is 0.722. The Morgan fingerprint density at radius 1 is 1.25 bits per heavy atom. The van der Waals surface area contributed by atoms with Gasteiger partial charge in [-0.2, -0.15) is 0 Å². The molecule has 0 unspecified atom stereocenters. The minimum Gasteiger partial charge on any atom is -0.340 e. The Kier molecular flexibility index (Phi) is 5.33. The lowest BCUT2D eigenvalue weighted by molar-refractivity contribution is -0.135. The molecule has 2 aliphatic rings. The van der Waals surface area contributed by atoms with Crippen molar-refractivity contribution in [3.8, 4) is 0 Å². The van der Waals surface area contributed by atoms with E-state index in [0.717, 1.165) is 51.4 Å². The van der Waals surface area contributed by atoms with Crippen molar-refractivity contribution in [1.82, 2.24) is 19.8 Å². The largest absolute Gasteiger partial charge is 0.340 e. The lowest BCUT2D eigenvalue weighted by Gasteiger charge is -2.34. The molecule has 0 bridgehead atoms. The van der Waals surface area contributed by atoms with Gasteiger partial charge in [0.05, 0.1) is 5.92 Å². The number of aromatic nitrogens is 2. The summed E-state index contributed by atoms with van der Waals surface area (Å²) in [5.74, 6) is 1.72. The first-order valence-corrected chi connectivity index (χ1v) is 9.07. The first kappa shape index (κ1) is 17.1. The summed E-state index contributed by atoms with van der Waals surface area (Å²) in [4.78, 5) is 28.2. The van der Waals surface area contributed by atoms with Crippen LogP contribution in [0.15, 0.2) is 18.5 Å². The van der Waals surface area contributed by atoms with Crippen molar-refractivity contribution in [3.63, 3.8) is 0 Å². The van der Waals surface area contributed by atoms with E-state index in [9.17, 15) is 4.79 Å². The van der Waals surface area contributed by atoms with Crippen molar-refractivity contribution in [2.45, 2.75) is 32.2 Å². The molecule has 6 nitrogen and oxygen atoms in total. The average Bonchev–Trinajstić information content (AvgIpc) is 3.06. The molecule has 0 saturated carbocycles. The molecule has 6 heteroatoms. The summed E-state index contributed by atoms with van der Waals surface area (Å²) in [6.07, 6.45) is 6.66. The molecular formula is C18H29N5O. The Hall–Kier alpha value is -1.69. The molecular weight excluding hydrogens is 302 g/mol. The molecule has 132 valence electrons. The summed E-state index contributed by atoms with van der Waals surface area (Å²) in [5.41, 5.74) is 0. The van der Waals surface area contributed by atoms with Crippen LogP contribution in [0.4, 0.5) is 5.95 Å². The van der Waals surface area contributed by atoms with Crippen LogP contribution in [0.25, 0.3) is 0 Å². The number of carbonyl (C=O) groups is 1. The van der Waals surface area contributed by atoms with E-state index in [-0.39, 0.29) is 5.92 Å². The van der Waals surface area contributed by atoms with E-state index in [0.29, 0.717) is 17.9 Å². The minimum atomic E-state index is 0.0703. The third-order valence-corrected chi connectivity index (χ3v) is 5.51. The monoisotopic (exact) mass is 331 g/mol. The van der Waals surface area contributed by atoms with Crippen molar-refractivity contribution in [2.75, 3.05) is 45.2 Å². The van der Waals surface area contributed by atoms with Gasteiger partial charge in [-0.15, -0.1) is 0 Å². The third-order valence-electron chi connectivity index (χ3n) is 5.51. The molecule has 2 fully saturated rings. The summed E-state index contributed by atoms with van der Waals surface area (Å²) in [6.45, 7) is 5.66. The maximum atomic E-state index is 13.0. The Morgan fingerprint density at radius 2 is 2.00 bits per heavy atom. The SMILES string of the molecule is CC[C@@H]1CN(C(=O)[C@@H]2CCCN(c3ncccn3)C2)C[C@H]1N(C)C. The number of carbonyl (C=O) groups excluding carboxylic acids is 1. The maximum Gasteiger partial charge on any atom is 0.227 e. The van der Waals surface area contributed by atoms with Crippen molar-refractivity contribution in [3.05, 3.63) is 18.5 Å². The first-order valence-electron chi connectivity index (χ1n) is 9.07. The smallest absolute Gasteiger partial charge is 0.227 e. The van der Waals surface area contributed by atoms with Crippen LogP contribution in [-0.2, 0) is 4.79 Å². The number of hydrogen-bond acceptors (Lipinski definition) is 5. The molecule has 1 aromatic heterocycles. The molecule has 0 radical (unpaired) electrons. The Balaban J connectivity index is 1.65. The highest BCUT2D eigenvalue weighted by atomic mass is 16.2. The normalized spacial score (nSPS) is 27.8. The summed E-state index contributed by atoms with van der Waals surface area (Å²) in [7, 11) is 4.24. The fourth-order valence-electron chi connectivity index (χ4n) is 4.09. The van der Waals surface area contributed by atoms with Crippen LogP contribution in [0.1, 0.15) is 26.2 Å². The standard InChI is InChI=1S/C18H29N5O/c1-4-14-11-23(13-16(14)21(2)3)17(24)15-7-5-10-22(12-15)18-19-8-6-9-20-18/h6,8-9,14-16H,4-5,7,10-13H2,1-3H3/t14-,15-,16-/m1/s1. The number of nitrogens with zero attached hydrogens (tertiary/aromatic N) is 5. The predicted octanol–water partition coefficient (Wildman–Crippen LogP) is 1.49. The molecule has 24 heavy (non-hydrogen) atoms. The van der Waals surface area contributed by atoms with E-state index in [1.165, 1.54) is 0 Å². The van der Waals surface area contributed by atoms with Crippen LogP contribution in [0, 0.1) is 11.8 Å². The van der Waals surface area contributed by atoms with Crippen LogP contribution < -0.4 is 4.90 Å². The van der Waals surface area contributed by atoms with E-state index in [1.807, 2.05) is 6.07 Å². The van der Waals surface area contributed by atoms with E-state index >= 15 is 0 Å². The highest BCUT2D eigenvalue weighted by Crippen LogP contribution is 2.28. The molecule has 3 atom stereocenters. The van der Waals surface area contributed by atoms with Gasteiger partial charge >= 0.3 is 0 Å². The number of rotatable bonds is 4. The van der Waals surface area contributed by atoms with Crippen LogP contribution in [0.2, 0.25) is 0 Å². The van der Waals surface area contributed by atoms with E-state index in [1.54, 1.807) is 12.4 Å². The van der Waals surface area contributed by atoms with Crippen LogP contribution >= 0.6 is 0 Å². The van der Waals surface area contributed by atoms with E-state index in [4.69, 9.17) is 0 Å². The number of likely N-dealkylation sites (tertiary alicyclic amines) is 1. The second-order valence-electron chi connectivity index (χ2n) is 7.28. The second-order valence-corrected chi connectivity index (χ2v) is 7.28. The van der Waals surface area contributed by atoms with Crippen LogP contribution in [0.3, 0.4) is 0 Å². The van der Waals surface area contributed by atoms with Gasteiger partial charge in [-0.25, -0.2) is 9.97 Å². The van der Waals surface area contributed by atoms with Crippen molar-refractivity contribution >= 4 is 11.9 Å². The zero-order chi connectivity index (χ0) is 17.1. The molecule has 2 aliphatic heterocycles. The molecule has 3 rings (SSSR count). The molecule has 1 aromatic rings. The fourth-order valence-corrected chi connectivity index (χ4v) is 4.09. The topological polar surface area (TPSA) is 52.6 Å². The highest BCUT2D eigenvalue weighted by Gasteiger charge is 2.38. The zero-order valence-corrected chi connectivity index (χ0v) is 15.1. The molecule has 1 amide bonds. The first-order chi connectivity index (χ1) is 11.6. The maximum absolute atomic E-state index is 13.0. The van der Waals surface area contributed by atoms with Crippen molar-refractivity contribution in [2.24, 2.45) is 11.8 Å². The summed E-state index contributed by atoms with van der Waals surface area (Å²) in [6, 6.07) is 2.31. The van der Waals surface area contributed by atoms with Gasteiger partial charge in [-0.3, -0.25) is 4.79 Å². The summed E-state index contributed by atoms with van der Waals surface area (Å²) < 4.78 is 0. The number of amides is 1. The molecule has 0 aliphatic carbocycles. The van der Waals surface area contributed by atoms with E-state index < -0.39 is 0 Å². The van der Waals surface area contributed by atoms with Crippen LogP contribution in [-0.4, -0.2) is 72.0 Å². The Labute approximate surface area is 144 Å². The highest BCUT2D eigenvalue weighted by molar-refractivity contribution is 5.80. The van der Waals surface area contributed by atoms with Gasteiger partial charge < -0.3 is 14.7 Å². The van der Waals surface area contributed by atoms with Gasteiger partial charge in [-0.1, -0.05) is 13.3 Å². The number of likely N-dealkylation sites (N-methyl/N-ethyl adjacent to an activating group) is 1. The summed E-state index contributed by atoms with van der Waals surface area (Å²) >= 11 is 0. The Morgan fingerprint density at radius 3 is 2.62 bits per heavy atom. The lowest BCUT2D eigenvalue weighted by atomic mass is 9.96. The quantitative estimate of drug-likeness (QED) is 0.837. The van der Waals surface area contributed by atoms with Gasteiger partial charge in [0.15, 0.2) is 0 Å². The van der Waals surface area contributed by atoms with Crippen LogP contribution in [0.5, 0.6) is 0 Å². The summed E-state index contributed by atoms with van der Waals surface area (Å²) in [5, 5.41) is 0. The van der Waals surface area contributed by atoms with Gasteiger partial charge in [0.2, 0.25) is 11.9 Å². The van der Waals surface area contributed by atoms with Gasteiger partial charge in [0, 0.05) is 44.6 Å².